The van der Waals surface area contributed by atoms with Crippen LogP contribution in [0.1, 0.15) is 38.2 Å². The Kier molecular flexibility index (Phi) is 5.16. The third kappa shape index (κ3) is 4.08. The Labute approximate surface area is 119 Å². The number of piperidine rings is 1. The molecule has 1 aliphatic rings. The fourth-order valence-electron chi connectivity index (χ4n) is 2.59. The van der Waals surface area contributed by atoms with Gasteiger partial charge in [-0.15, -0.1) is 0 Å². The molecule has 4 heteroatoms. The number of ketones is 1. The van der Waals surface area contributed by atoms with Crippen LogP contribution in [0.3, 0.4) is 0 Å². The van der Waals surface area contributed by atoms with Gasteiger partial charge in [-0.05, 0) is 31.7 Å². The summed E-state index contributed by atoms with van der Waals surface area (Å²) < 4.78 is 5.36. The molecule has 0 N–H and O–H groups in total. The monoisotopic (exact) mass is 275 g/mol. The van der Waals surface area contributed by atoms with Crippen molar-refractivity contribution in [3.05, 3.63) is 35.9 Å². The molecule has 1 aliphatic heterocycles. The average Bonchev–Trinajstić information content (AvgIpc) is 2.46. The highest BCUT2D eigenvalue weighted by molar-refractivity contribution is 5.77. The maximum Gasteiger partial charge on any atom is 0.410 e. The molecule has 0 aromatic heterocycles. The zero-order valence-electron chi connectivity index (χ0n) is 11.9. The number of hydrogen-bond donors (Lipinski definition) is 0. The molecule has 1 aromatic carbocycles. The fourth-order valence-corrected chi connectivity index (χ4v) is 2.59. The molecule has 0 aliphatic carbocycles. The molecular weight excluding hydrogens is 254 g/mol. The normalized spacial score (nSPS) is 18.6. The minimum Gasteiger partial charge on any atom is -0.445 e. The van der Waals surface area contributed by atoms with Crippen molar-refractivity contribution in [3.63, 3.8) is 0 Å². The first kappa shape index (κ1) is 14.6. The van der Waals surface area contributed by atoms with Crippen molar-refractivity contribution in [1.82, 2.24) is 4.90 Å². The Balaban J connectivity index is 1.90. The largest absolute Gasteiger partial charge is 0.445 e. The standard InChI is InChI=1S/C16H21NO3/c1-13(18)11-15-9-5-6-10-17(15)16(19)20-12-14-7-3-2-4-8-14/h2-4,7-8,15H,5-6,9-12H2,1H3/t15-/m0/s1. The average molecular weight is 275 g/mol. The number of carbonyl (C=O) groups excluding carboxylic acids is 2. The second-order valence-corrected chi connectivity index (χ2v) is 5.29. The maximum atomic E-state index is 12.2. The van der Waals surface area contributed by atoms with E-state index in [0.29, 0.717) is 13.0 Å². The van der Waals surface area contributed by atoms with Crippen molar-refractivity contribution >= 4 is 11.9 Å². The molecule has 0 saturated carbocycles. The Morgan fingerprint density at radius 1 is 1.25 bits per heavy atom. The van der Waals surface area contributed by atoms with E-state index >= 15 is 0 Å². The summed E-state index contributed by atoms with van der Waals surface area (Å²) in [7, 11) is 0. The van der Waals surface area contributed by atoms with E-state index in [-0.39, 0.29) is 24.5 Å². The Hall–Kier alpha value is -1.84. The van der Waals surface area contributed by atoms with Crippen LogP contribution in [0, 0.1) is 0 Å². The molecule has 1 heterocycles. The van der Waals surface area contributed by atoms with Crippen molar-refractivity contribution in [2.45, 2.75) is 45.3 Å². The number of likely N-dealkylation sites (tertiary alicyclic amines) is 1. The lowest BCUT2D eigenvalue weighted by Crippen LogP contribution is -2.44. The van der Waals surface area contributed by atoms with Gasteiger partial charge in [-0.2, -0.15) is 0 Å². The summed E-state index contributed by atoms with van der Waals surface area (Å²) in [5, 5.41) is 0. The Morgan fingerprint density at radius 3 is 2.70 bits per heavy atom. The number of ether oxygens (including phenoxy) is 1. The molecule has 4 nitrogen and oxygen atoms in total. The number of carbonyl (C=O) groups is 2. The van der Waals surface area contributed by atoms with Crippen molar-refractivity contribution in [2.75, 3.05) is 6.54 Å². The molecule has 20 heavy (non-hydrogen) atoms. The summed E-state index contributed by atoms with van der Waals surface area (Å²) in [6.07, 6.45) is 3.07. The highest BCUT2D eigenvalue weighted by atomic mass is 16.6. The van der Waals surface area contributed by atoms with E-state index in [9.17, 15) is 9.59 Å². The maximum absolute atomic E-state index is 12.2. The number of benzene rings is 1. The summed E-state index contributed by atoms with van der Waals surface area (Å²) >= 11 is 0. The summed E-state index contributed by atoms with van der Waals surface area (Å²) in [5.74, 6) is 0.123. The lowest BCUT2D eigenvalue weighted by Gasteiger charge is -2.34. The third-order valence-electron chi connectivity index (χ3n) is 3.59. The molecule has 0 bridgehead atoms. The van der Waals surface area contributed by atoms with E-state index in [1.54, 1.807) is 11.8 Å². The molecule has 0 spiro atoms. The van der Waals surface area contributed by atoms with Crippen LogP contribution in [0.5, 0.6) is 0 Å². The minimum atomic E-state index is -0.306. The van der Waals surface area contributed by atoms with Crippen LogP contribution in [-0.4, -0.2) is 29.4 Å². The number of hydrogen-bond acceptors (Lipinski definition) is 3. The summed E-state index contributed by atoms with van der Waals surface area (Å²) in [6.45, 7) is 2.54. The van der Waals surface area contributed by atoms with Gasteiger partial charge >= 0.3 is 6.09 Å². The molecule has 1 amide bonds. The van der Waals surface area contributed by atoms with Gasteiger partial charge in [0.2, 0.25) is 0 Å². The second kappa shape index (κ2) is 7.08. The fraction of sp³-hybridized carbons (Fsp3) is 0.500. The van der Waals surface area contributed by atoms with Crippen LogP contribution in [0.4, 0.5) is 4.79 Å². The molecule has 0 radical (unpaired) electrons. The number of amides is 1. The predicted octanol–water partition coefficient (Wildman–Crippen LogP) is 3.16. The van der Waals surface area contributed by atoms with Gasteiger partial charge in [-0.25, -0.2) is 4.79 Å². The van der Waals surface area contributed by atoms with Crippen molar-refractivity contribution in [2.24, 2.45) is 0 Å². The third-order valence-corrected chi connectivity index (χ3v) is 3.59. The first-order chi connectivity index (χ1) is 9.66. The number of rotatable bonds is 4. The smallest absolute Gasteiger partial charge is 0.410 e. The number of Topliss-reactive ketones (excluding diaryl/α,β-unsaturated/α-hetero) is 1. The van der Waals surface area contributed by atoms with Crippen LogP contribution in [0.2, 0.25) is 0 Å². The predicted molar refractivity (Wildman–Crippen MR) is 76.3 cm³/mol. The molecule has 1 atom stereocenters. The summed E-state index contributed by atoms with van der Waals surface area (Å²) in [6, 6.07) is 9.63. The van der Waals surface area contributed by atoms with Gasteiger partial charge in [0, 0.05) is 19.0 Å². The molecule has 1 saturated heterocycles. The van der Waals surface area contributed by atoms with Gasteiger partial charge in [0.1, 0.15) is 12.4 Å². The van der Waals surface area contributed by atoms with Gasteiger partial charge in [0.25, 0.3) is 0 Å². The SMILES string of the molecule is CC(=O)C[C@@H]1CCCCN1C(=O)OCc1ccccc1. The van der Waals surface area contributed by atoms with Crippen LogP contribution in [-0.2, 0) is 16.1 Å². The van der Waals surface area contributed by atoms with Crippen LogP contribution < -0.4 is 0 Å². The lowest BCUT2D eigenvalue weighted by atomic mass is 9.98. The number of nitrogens with zero attached hydrogens (tertiary/aromatic N) is 1. The zero-order chi connectivity index (χ0) is 14.4. The first-order valence-corrected chi connectivity index (χ1v) is 7.13. The quantitative estimate of drug-likeness (QED) is 0.848. The van der Waals surface area contributed by atoms with Gasteiger partial charge in [-0.3, -0.25) is 4.79 Å². The summed E-state index contributed by atoms with van der Waals surface area (Å²) in [5.41, 5.74) is 0.973. The molecule has 1 aromatic rings. The van der Waals surface area contributed by atoms with Crippen LogP contribution in [0.15, 0.2) is 30.3 Å². The molecule has 0 unspecified atom stereocenters. The second-order valence-electron chi connectivity index (χ2n) is 5.29. The van der Waals surface area contributed by atoms with Crippen molar-refractivity contribution in [3.8, 4) is 0 Å². The molecule has 2 rings (SSSR count). The van der Waals surface area contributed by atoms with Crippen molar-refractivity contribution < 1.29 is 14.3 Å². The van der Waals surface area contributed by atoms with E-state index in [0.717, 1.165) is 24.8 Å². The van der Waals surface area contributed by atoms with Gasteiger partial charge in [0.15, 0.2) is 0 Å². The minimum absolute atomic E-state index is 0.00419. The van der Waals surface area contributed by atoms with Gasteiger partial charge in [-0.1, -0.05) is 30.3 Å². The van der Waals surface area contributed by atoms with E-state index < -0.39 is 0 Å². The van der Waals surface area contributed by atoms with E-state index in [2.05, 4.69) is 0 Å². The van der Waals surface area contributed by atoms with E-state index in [1.165, 1.54) is 0 Å². The molecule has 1 fully saturated rings. The van der Waals surface area contributed by atoms with Crippen LogP contribution in [0.25, 0.3) is 0 Å². The van der Waals surface area contributed by atoms with Crippen molar-refractivity contribution in [1.29, 1.82) is 0 Å². The van der Waals surface area contributed by atoms with Gasteiger partial charge in [0.05, 0.1) is 0 Å². The highest BCUT2D eigenvalue weighted by Gasteiger charge is 2.28. The highest BCUT2D eigenvalue weighted by Crippen LogP contribution is 2.21. The zero-order valence-corrected chi connectivity index (χ0v) is 11.9. The Morgan fingerprint density at radius 2 is 2.00 bits per heavy atom. The Bertz CT molecular complexity index is 458. The van der Waals surface area contributed by atoms with E-state index in [1.807, 2.05) is 30.3 Å². The first-order valence-electron chi connectivity index (χ1n) is 7.13. The van der Waals surface area contributed by atoms with E-state index in [4.69, 9.17) is 4.74 Å². The topological polar surface area (TPSA) is 46.6 Å². The molecule has 108 valence electrons. The summed E-state index contributed by atoms with van der Waals surface area (Å²) in [4.78, 5) is 25.2. The van der Waals surface area contributed by atoms with Crippen LogP contribution >= 0.6 is 0 Å². The molecular formula is C16H21NO3. The van der Waals surface area contributed by atoms with Gasteiger partial charge < -0.3 is 9.64 Å². The lowest BCUT2D eigenvalue weighted by molar-refractivity contribution is -0.118.